The first-order valence-corrected chi connectivity index (χ1v) is 5.66. The number of hydrogen-bond acceptors (Lipinski definition) is 2. The van der Waals surface area contributed by atoms with Crippen LogP contribution in [0.2, 0.25) is 5.15 Å². The molecule has 3 nitrogen and oxygen atoms in total. The molecule has 0 radical (unpaired) electrons. The Morgan fingerprint density at radius 1 is 1.53 bits per heavy atom. The fourth-order valence-corrected chi connectivity index (χ4v) is 1.68. The molecule has 1 rings (SSSR count). The third-order valence-corrected chi connectivity index (χ3v) is 2.41. The second-order valence-electron chi connectivity index (χ2n) is 2.80. The molecule has 1 aromatic rings. The van der Waals surface area contributed by atoms with Gasteiger partial charge in [-0.25, -0.2) is 18.0 Å². The highest BCUT2D eigenvalue weighted by Crippen LogP contribution is 2.20. The summed E-state index contributed by atoms with van der Waals surface area (Å²) in [6.07, 6.45) is -2.48. The average Bonchev–Trinajstić information content (AvgIpc) is 2.13. The molecular formula is C8H8ClF2NO2S. The molecule has 1 unspecified atom stereocenters. The SMILES string of the molecule is O=S(O)CCc1cc(Cl)nc(C(F)F)c1. The Kier molecular flexibility index (Phi) is 4.56. The van der Waals surface area contributed by atoms with Gasteiger partial charge in [0.2, 0.25) is 0 Å². The molecule has 15 heavy (non-hydrogen) atoms. The van der Waals surface area contributed by atoms with E-state index in [0.717, 1.165) is 0 Å². The van der Waals surface area contributed by atoms with E-state index >= 15 is 0 Å². The van der Waals surface area contributed by atoms with Crippen LogP contribution in [0.4, 0.5) is 8.78 Å². The molecule has 0 aromatic carbocycles. The lowest BCUT2D eigenvalue weighted by Crippen LogP contribution is -2.01. The van der Waals surface area contributed by atoms with E-state index in [4.69, 9.17) is 16.2 Å². The fraction of sp³-hybridized carbons (Fsp3) is 0.375. The summed E-state index contributed by atoms with van der Waals surface area (Å²) in [7, 11) is 0. The standard InChI is InChI=1S/C8H8ClF2NO2S/c9-7-4-5(1-2-15(13)14)3-6(12-7)8(10)11/h3-4,8H,1-2H2,(H,13,14). The summed E-state index contributed by atoms with van der Waals surface area (Å²) in [5, 5.41) is -0.0356. The van der Waals surface area contributed by atoms with Crippen LogP contribution < -0.4 is 0 Å². The van der Waals surface area contributed by atoms with Crippen LogP contribution in [0.15, 0.2) is 12.1 Å². The van der Waals surface area contributed by atoms with Gasteiger partial charge in [-0.1, -0.05) is 11.6 Å². The van der Waals surface area contributed by atoms with E-state index in [2.05, 4.69) is 4.98 Å². The summed E-state index contributed by atoms with van der Waals surface area (Å²) in [5.41, 5.74) is 0.0638. The molecule has 1 atom stereocenters. The number of nitrogens with zero attached hydrogens (tertiary/aromatic N) is 1. The predicted octanol–water partition coefficient (Wildman–Crippen LogP) is 2.44. The van der Waals surface area contributed by atoms with Gasteiger partial charge in [-0.3, -0.25) is 0 Å². The van der Waals surface area contributed by atoms with Crippen molar-refractivity contribution >= 4 is 22.7 Å². The lowest BCUT2D eigenvalue weighted by molar-refractivity contribution is 0.146. The van der Waals surface area contributed by atoms with Crippen molar-refractivity contribution in [3.8, 4) is 0 Å². The van der Waals surface area contributed by atoms with Gasteiger partial charge in [0.1, 0.15) is 10.8 Å². The molecule has 0 saturated carbocycles. The molecule has 7 heteroatoms. The van der Waals surface area contributed by atoms with Gasteiger partial charge in [0.05, 0.1) is 5.75 Å². The highest BCUT2D eigenvalue weighted by molar-refractivity contribution is 7.79. The predicted molar refractivity (Wildman–Crippen MR) is 53.5 cm³/mol. The van der Waals surface area contributed by atoms with Gasteiger partial charge in [0.25, 0.3) is 6.43 Å². The summed E-state index contributed by atoms with van der Waals surface area (Å²) in [5.74, 6) is -0.0109. The number of aryl methyl sites for hydroxylation is 1. The van der Waals surface area contributed by atoms with Crippen molar-refractivity contribution < 1.29 is 17.5 Å². The molecule has 0 aliphatic rings. The van der Waals surface area contributed by atoms with Crippen LogP contribution in [0.5, 0.6) is 0 Å². The number of aromatic nitrogens is 1. The topological polar surface area (TPSA) is 50.2 Å². The lowest BCUT2D eigenvalue weighted by atomic mass is 10.2. The molecule has 0 bridgehead atoms. The van der Waals surface area contributed by atoms with Gasteiger partial charge in [-0.15, -0.1) is 0 Å². The zero-order chi connectivity index (χ0) is 11.4. The van der Waals surface area contributed by atoms with Crippen molar-refractivity contribution in [1.29, 1.82) is 0 Å². The summed E-state index contributed by atoms with van der Waals surface area (Å²) >= 11 is 3.59. The Balaban J connectivity index is 2.84. The summed E-state index contributed by atoms with van der Waals surface area (Å²) in [6, 6.07) is 2.59. The van der Waals surface area contributed by atoms with E-state index in [0.29, 0.717) is 5.56 Å². The van der Waals surface area contributed by atoms with Crippen LogP contribution in [-0.4, -0.2) is 19.5 Å². The molecule has 1 aromatic heterocycles. The normalized spacial score (nSPS) is 13.1. The molecule has 1 heterocycles. The zero-order valence-electron chi connectivity index (χ0n) is 7.49. The minimum Gasteiger partial charge on any atom is -0.306 e. The van der Waals surface area contributed by atoms with Gasteiger partial charge in [-0.2, -0.15) is 0 Å². The Morgan fingerprint density at radius 3 is 2.73 bits per heavy atom. The van der Waals surface area contributed by atoms with Crippen LogP contribution >= 0.6 is 11.6 Å². The molecule has 0 saturated heterocycles. The minimum atomic E-state index is -2.69. The maximum atomic E-state index is 12.3. The Hall–Kier alpha value is -0.590. The number of rotatable bonds is 4. The van der Waals surface area contributed by atoms with E-state index in [9.17, 15) is 13.0 Å². The van der Waals surface area contributed by atoms with Crippen LogP contribution in [0.3, 0.4) is 0 Å². The quantitative estimate of drug-likeness (QED) is 0.664. The summed E-state index contributed by atoms with van der Waals surface area (Å²) < 4.78 is 43.5. The maximum absolute atomic E-state index is 12.3. The third kappa shape index (κ3) is 4.19. The van der Waals surface area contributed by atoms with Gasteiger partial charge >= 0.3 is 0 Å². The molecule has 0 fully saturated rings. The number of hydrogen-bond donors (Lipinski definition) is 1. The van der Waals surface area contributed by atoms with Gasteiger partial charge in [0, 0.05) is 0 Å². The molecule has 1 N–H and O–H groups in total. The maximum Gasteiger partial charge on any atom is 0.280 e. The second-order valence-corrected chi connectivity index (χ2v) is 4.24. The Labute approximate surface area is 92.8 Å². The Bertz CT molecular complexity index is 376. The molecule has 0 amide bonds. The molecular weight excluding hydrogens is 248 g/mol. The third-order valence-electron chi connectivity index (χ3n) is 1.66. The number of halogens is 3. The first-order chi connectivity index (χ1) is 6.99. The van der Waals surface area contributed by atoms with Crippen LogP contribution in [0.1, 0.15) is 17.7 Å². The molecule has 84 valence electrons. The Morgan fingerprint density at radius 2 is 2.20 bits per heavy atom. The number of alkyl halides is 2. The van der Waals surface area contributed by atoms with E-state index in [1.165, 1.54) is 12.1 Å². The molecule has 0 aliphatic heterocycles. The average molecular weight is 256 g/mol. The van der Waals surface area contributed by atoms with Crippen molar-refractivity contribution in [3.05, 3.63) is 28.5 Å². The van der Waals surface area contributed by atoms with Gasteiger partial charge in [0.15, 0.2) is 11.1 Å². The minimum absolute atomic E-state index is 0.0109. The second kappa shape index (κ2) is 5.48. The van der Waals surface area contributed by atoms with Crippen molar-refractivity contribution in [3.63, 3.8) is 0 Å². The number of pyridine rings is 1. The van der Waals surface area contributed by atoms with Gasteiger partial charge < -0.3 is 4.55 Å². The van der Waals surface area contributed by atoms with Crippen molar-refractivity contribution in [2.45, 2.75) is 12.8 Å². The summed E-state index contributed by atoms with van der Waals surface area (Å²) in [4.78, 5) is 3.44. The largest absolute Gasteiger partial charge is 0.306 e. The van der Waals surface area contributed by atoms with E-state index in [1.54, 1.807) is 0 Å². The highest BCUT2D eigenvalue weighted by Gasteiger charge is 2.11. The smallest absolute Gasteiger partial charge is 0.280 e. The zero-order valence-corrected chi connectivity index (χ0v) is 9.06. The van der Waals surface area contributed by atoms with Crippen LogP contribution in [-0.2, 0) is 17.5 Å². The lowest BCUT2D eigenvalue weighted by Gasteiger charge is -2.04. The van der Waals surface area contributed by atoms with Crippen LogP contribution in [0.25, 0.3) is 0 Å². The molecule has 0 aliphatic carbocycles. The fourth-order valence-electron chi connectivity index (χ4n) is 1.03. The van der Waals surface area contributed by atoms with E-state index in [1.807, 2.05) is 0 Å². The van der Waals surface area contributed by atoms with Crippen LogP contribution in [0, 0.1) is 0 Å². The van der Waals surface area contributed by atoms with E-state index < -0.39 is 23.2 Å². The first-order valence-electron chi connectivity index (χ1n) is 4.01. The van der Waals surface area contributed by atoms with Gasteiger partial charge in [-0.05, 0) is 24.1 Å². The van der Waals surface area contributed by atoms with Crippen molar-refractivity contribution in [2.24, 2.45) is 0 Å². The summed E-state index contributed by atoms with van der Waals surface area (Å²) in [6.45, 7) is 0. The van der Waals surface area contributed by atoms with Crippen molar-refractivity contribution in [1.82, 2.24) is 4.98 Å². The van der Waals surface area contributed by atoms with Crippen molar-refractivity contribution in [2.75, 3.05) is 5.75 Å². The molecule has 0 spiro atoms. The first kappa shape index (κ1) is 12.5. The van der Waals surface area contributed by atoms with E-state index in [-0.39, 0.29) is 17.3 Å². The highest BCUT2D eigenvalue weighted by atomic mass is 35.5. The monoisotopic (exact) mass is 255 g/mol.